The van der Waals surface area contributed by atoms with Gasteiger partial charge in [0.25, 0.3) is 0 Å². The Hall–Kier alpha value is -1.94. The fourth-order valence-electron chi connectivity index (χ4n) is 2.04. The molecule has 1 heterocycles. The van der Waals surface area contributed by atoms with Crippen LogP contribution in [-0.4, -0.2) is 59.6 Å². The monoisotopic (exact) mass is 298 g/mol. The van der Waals surface area contributed by atoms with Gasteiger partial charge in [0, 0.05) is 6.54 Å². The fraction of sp³-hybridized carbons (Fsp3) is 0.714. The minimum atomic E-state index is -1.01. The van der Waals surface area contributed by atoms with Gasteiger partial charge in [-0.3, -0.25) is 0 Å². The Morgan fingerprint density at radius 1 is 1.48 bits per heavy atom. The summed E-state index contributed by atoms with van der Waals surface area (Å²) < 4.78 is 10.6. The largest absolute Gasteiger partial charge is 0.465 e. The van der Waals surface area contributed by atoms with Crippen LogP contribution < -0.4 is 5.32 Å². The zero-order chi connectivity index (χ0) is 16.0. The zero-order valence-corrected chi connectivity index (χ0v) is 12.6. The Balaban J connectivity index is 2.63. The van der Waals surface area contributed by atoms with Crippen LogP contribution in [0.25, 0.3) is 0 Å². The first kappa shape index (κ1) is 17.1. The number of amides is 2. The zero-order valence-electron chi connectivity index (χ0n) is 12.6. The smallest absolute Gasteiger partial charge is 0.407 e. The average Bonchev–Trinajstić information content (AvgIpc) is 2.34. The lowest BCUT2D eigenvalue weighted by molar-refractivity contribution is -0.00962. The summed E-state index contributed by atoms with van der Waals surface area (Å²) in [7, 11) is 0. The number of carboxylic acid groups (broad SMARTS) is 1. The third-order valence-electron chi connectivity index (χ3n) is 2.91. The van der Waals surface area contributed by atoms with Crippen LogP contribution in [0.1, 0.15) is 27.2 Å². The highest BCUT2D eigenvalue weighted by Gasteiger charge is 2.34. The number of likely N-dealkylation sites (tertiary alicyclic amines) is 1. The third-order valence-corrected chi connectivity index (χ3v) is 2.91. The van der Waals surface area contributed by atoms with Gasteiger partial charge in [0.2, 0.25) is 0 Å². The van der Waals surface area contributed by atoms with Crippen LogP contribution >= 0.6 is 0 Å². The SMILES string of the molecule is C#CCOC1CN(C(=O)O)CCC1NC(=O)OC(C)(C)C. The van der Waals surface area contributed by atoms with Gasteiger partial charge in [-0.1, -0.05) is 5.92 Å². The normalized spacial score (nSPS) is 22.3. The van der Waals surface area contributed by atoms with Crippen LogP contribution in [0.15, 0.2) is 0 Å². The number of alkyl carbamates (subject to hydrolysis) is 1. The number of rotatable bonds is 3. The summed E-state index contributed by atoms with van der Waals surface area (Å²) in [6.07, 6.45) is 3.55. The van der Waals surface area contributed by atoms with Crippen molar-refractivity contribution in [1.29, 1.82) is 0 Å². The Morgan fingerprint density at radius 2 is 2.14 bits per heavy atom. The molecule has 0 aromatic rings. The summed E-state index contributed by atoms with van der Waals surface area (Å²) in [5, 5.41) is 11.7. The fourth-order valence-corrected chi connectivity index (χ4v) is 2.04. The maximum Gasteiger partial charge on any atom is 0.407 e. The molecule has 2 N–H and O–H groups in total. The minimum Gasteiger partial charge on any atom is -0.465 e. The van der Waals surface area contributed by atoms with E-state index in [2.05, 4.69) is 11.2 Å². The van der Waals surface area contributed by atoms with E-state index in [0.717, 1.165) is 0 Å². The van der Waals surface area contributed by atoms with Gasteiger partial charge in [0.15, 0.2) is 0 Å². The standard InChI is InChI=1S/C14H22N2O5/c1-5-8-20-11-9-16(13(18)19)7-6-10(11)15-12(17)21-14(2,3)4/h1,10-11H,6-9H2,2-4H3,(H,15,17)(H,18,19). The number of hydrogen-bond donors (Lipinski definition) is 2. The van der Waals surface area contributed by atoms with Crippen molar-refractivity contribution in [3.63, 3.8) is 0 Å². The van der Waals surface area contributed by atoms with Crippen molar-refractivity contribution in [2.24, 2.45) is 0 Å². The molecular formula is C14H22N2O5. The van der Waals surface area contributed by atoms with Gasteiger partial charge in [0.1, 0.15) is 12.2 Å². The molecule has 1 rings (SSSR count). The van der Waals surface area contributed by atoms with Crippen molar-refractivity contribution in [1.82, 2.24) is 10.2 Å². The number of ether oxygens (including phenoxy) is 2. The first-order valence-corrected chi connectivity index (χ1v) is 6.75. The molecular weight excluding hydrogens is 276 g/mol. The predicted molar refractivity (Wildman–Crippen MR) is 75.9 cm³/mol. The molecule has 2 amide bonds. The van der Waals surface area contributed by atoms with Crippen molar-refractivity contribution in [3.8, 4) is 12.3 Å². The summed E-state index contributed by atoms with van der Waals surface area (Å²) in [6, 6.07) is -0.330. The topological polar surface area (TPSA) is 88.1 Å². The molecule has 0 aromatic carbocycles. The van der Waals surface area contributed by atoms with E-state index >= 15 is 0 Å². The summed E-state index contributed by atoms with van der Waals surface area (Å²) >= 11 is 0. The van der Waals surface area contributed by atoms with Crippen LogP contribution in [0, 0.1) is 12.3 Å². The molecule has 0 aliphatic carbocycles. The number of terminal acetylenes is 1. The van der Waals surface area contributed by atoms with Crippen LogP contribution in [0.4, 0.5) is 9.59 Å². The molecule has 0 saturated carbocycles. The summed E-state index contributed by atoms with van der Waals surface area (Å²) in [5.74, 6) is 2.34. The number of nitrogens with one attached hydrogen (secondary N) is 1. The van der Waals surface area contributed by atoms with Crippen LogP contribution in [0.2, 0.25) is 0 Å². The van der Waals surface area contributed by atoms with Crippen molar-refractivity contribution in [3.05, 3.63) is 0 Å². The first-order chi connectivity index (χ1) is 9.73. The van der Waals surface area contributed by atoms with E-state index in [9.17, 15) is 9.59 Å². The van der Waals surface area contributed by atoms with E-state index in [0.29, 0.717) is 13.0 Å². The summed E-state index contributed by atoms with van der Waals surface area (Å²) in [4.78, 5) is 24.1. The van der Waals surface area contributed by atoms with Crippen LogP contribution in [0.5, 0.6) is 0 Å². The minimum absolute atomic E-state index is 0.0601. The third kappa shape index (κ3) is 5.92. The maximum atomic E-state index is 11.8. The number of nitrogens with zero attached hydrogens (tertiary/aromatic N) is 1. The van der Waals surface area contributed by atoms with Crippen LogP contribution in [-0.2, 0) is 9.47 Å². The highest BCUT2D eigenvalue weighted by molar-refractivity contribution is 5.68. The Bertz CT molecular complexity index is 424. The molecule has 1 fully saturated rings. The van der Waals surface area contributed by atoms with Gasteiger partial charge < -0.3 is 24.8 Å². The lowest BCUT2D eigenvalue weighted by atomic mass is 10.0. The molecule has 0 radical (unpaired) electrons. The van der Waals surface area contributed by atoms with Crippen molar-refractivity contribution in [2.45, 2.75) is 44.9 Å². The molecule has 1 saturated heterocycles. The molecule has 7 heteroatoms. The van der Waals surface area contributed by atoms with E-state index in [1.807, 2.05) is 0 Å². The van der Waals surface area contributed by atoms with Crippen molar-refractivity contribution >= 4 is 12.2 Å². The van der Waals surface area contributed by atoms with Gasteiger partial charge in [-0.2, -0.15) is 0 Å². The second kappa shape index (κ2) is 7.18. The second-order valence-electron chi connectivity index (χ2n) is 5.82. The van der Waals surface area contributed by atoms with E-state index in [4.69, 9.17) is 21.0 Å². The van der Waals surface area contributed by atoms with Gasteiger partial charge in [0.05, 0.1) is 18.7 Å². The van der Waals surface area contributed by atoms with E-state index < -0.39 is 23.9 Å². The van der Waals surface area contributed by atoms with Crippen molar-refractivity contribution < 1.29 is 24.2 Å². The average molecular weight is 298 g/mol. The lowest BCUT2D eigenvalue weighted by Crippen LogP contribution is -2.56. The molecule has 1 aliphatic rings. The van der Waals surface area contributed by atoms with E-state index in [-0.39, 0.29) is 19.2 Å². The van der Waals surface area contributed by atoms with Gasteiger partial charge in [-0.05, 0) is 27.2 Å². The lowest BCUT2D eigenvalue weighted by Gasteiger charge is -2.37. The van der Waals surface area contributed by atoms with Crippen LogP contribution in [0.3, 0.4) is 0 Å². The van der Waals surface area contributed by atoms with Gasteiger partial charge in [-0.15, -0.1) is 6.42 Å². The van der Waals surface area contributed by atoms with E-state index in [1.54, 1.807) is 20.8 Å². The molecule has 0 aromatic heterocycles. The highest BCUT2D eigenvalue weighted by atomic mass is 16.6. The van der Waals surface area contributed by atoms with Crippen molar-refractivity contribution in [2.75, 3.05) is 19.7 Å². The molecule has 7 nitrogen and oxygen atoms in total. The maximum absolute atomic E-state index is 11.8. The highest BCUT2D eigenvalue weighted by Crippen LogP contribution is 2.16. The molecule has 2 atom stereocenters. The second-order valence-corrected chi connectivity index (χ2v) is 5.82. The summed E-state index contributed by atoms with van der Waals surface area (Å²) in [5.41, 5.74) is -0.596. The first-order valence-electron chi connectivity index (χ1n) is 6.75. The Labute approximate surface area is 124 Å². The molecule has 118 valence electrons. The molecule has 0 spiro atoms. The Kier molecular flexibility index (Phi) is 5.85. The molecule has 2 unspecified atom stereocenters. The predicted octanol–water partition coefficient (Wildman–Crippen LogP) is 1.28. The van der Waals surface area contributed by atoms with Gasteiger partial charge >= 0.3 is 12.2 Å². The molecule has 1 aliphatic heterocycles. The Morgan fingerprint density at radius 3 is 2.67 bits per heavy atom. The number of hydrogen-bond acceptors (Lipinski definition) is 4. The molecule has 0 bridgehead atoms. The van der Waals surface area contributed by atoms with E-state index in [1.165, 1.54) is 4.90 Å². The van der Waals surface area contributed by atoms with Gasteiger partial charge in [-0.25, -0.2) is 9.59 Å². The number of carbonyl (C=O) groups excluding carboxylic acids is 1. The molecule has 21 heavy (non-hydrogen) atoms. The number of carbonyl (C=O) groups is 2. The quantitative estimate of drug-likeness (QED) is 0.766. The summed E-state index contributed by atoms with van der Waals surface area (Å²) in [6.45, 7) is 5.86. The number of piperidine rings is 1.